The molecule has 0 saturated heterocycles. The summed E-state index contributed by atoms with van der Waals surface area (Å²) in [6.45, 7) is 15.8. The summed E-state index contributed by atoms with van der Waals surface area (Å²) < 4.78 is 41.7. The van der Waals surface area contributed by atoms with Gasteiger partial charge in [0.1, 0.15) is 0 Å². The van der Waals surface area contributed by atoms with E-state index in [2.05, 4.69) is 39.9 Å². The van der Waals surface area contributed by atoms with Crippen molar-refractivity contribution in [2.75, 3.05) is 5.32 Å². The van der Waals surface area contributed by atoms with Crippen molar-refractivity contribution in [1.82, 2.24) is 0 Å². The second-order valence-electron chi connectivity index (χ2n) is 16.7. The van der Waals surface area contributed by atoms with Crippen molar-refractivity contribution in [2.45, 2.75) is 119 Å². The summed E-state index contributed by atoms with van der Waals surface area (Å²) in [5.74, 6) is 0.342. The van der Waals surface area contributed by atoms with Gasteiger partial charge in [-0.25, -0.2) is 0 Å². The molecule has 0 heterocycles. The third kappa shape index (κ3) is 4.12. The molecule has 0 spiro atoms. The normalized spacial score (nSPS) is 41.5. The minimum atomic E-state index is -4.61. The van der Waals surface area contributed by atoms with E-state index in [1.165, 1.54) is 18.2 Å². The van der Waals surface area contributed by atoms with Crippen LogP contribution in [0, 0.1) is 50.7 Å². The number of hydrogen-bond acceptors (Lipinski definition) is 3. The van der Waals surface area contributed by atoms with Crippen LogP contribution in [0.4, 0.5) is 18.9 Å². The molecule has 7 heteroatoms. The molecule has 2 unspecified atom stereocenters. The average molecular weight is 614 g/mol. The third-order valence-electron chi connectivity index (χ3n) is 14.3. The van der Waals surface area contributed by atoms with E-state index in [0.29, 0.717) is 18.3 Å². The molecule has 1 aromatic rings. The predicted molar refractivity (Wildman–Crippen MR) is 166 cm³/mol. The van der Waals surface area contributed by atoms with Crippen LogP contribution in [0.2, 0.25) is 0 Å². The first-order valence-electron chi connectivity index (χ1n) is 16.8. The number of amides is 1. The Labute approximate surface area is 260 Å². The van der Waals surface area contributed by atoms with E-state index in [1.807, 2.05) is 13.8 Å². The summed E-state index contributed by atoms with van der Waals surface area (Å²) in [6, 6.07) is 5.13. The third-order valence-corrected chi connectivity index (χ3v) is 14.3. The molecule has 0 bridgehead atoms. The van der Waals surface area contributed by atoms with Crippen LogP contribution in [0.1, 0.15) is 112 Å². The number of benzene rings is 1. The maximum absolute atomic E-state index is 14.4. The molecule has 6 rings (SSSR count). The number of nitrogens with one attached hydrogen (secondary N) is 1. The predicted octanol–water partition coefficient (Wildman–Crippen LogP) is 8.99. The van der Waals surface area contributed by atoms with Gasteiger partial charge in [0, 0.05) is 6.42 Å². The molecule has 1 amide bonds. The molecule has 0 aliphatic heterocycles. The van der Waals surface area contributed by atoms with Crippen LogP contribution in [0.25, 0.3) is 0 Å². The molecular formula is C37H50F3NO3. The van der Waals surface area contributed by atoms with Crippen molar-refractivity contribution in [1.29, 1.82) is 0 Å². The molecule has 8 atom stereocenters. The minimum absolute atomic E-state index is 0.0206. The van der Waals surface area contributed by atoms with Gasteiger partial charge >= 0.3 is 6.18 Å². The fourth-order valence-electron chi connectivity index (χ4n) is 12.0. The SMILES string of the molecule is CC(C)C1=C2[C@H]3CCC4[C@@]5(C)CC[C@H](O)C(C)(C)C5CC[C@@]4(C)[C@]3(C)CC[C@@]2(C(=O)Nc2ccccc2C(F)(F)F)CC1=O. The van der Waals surface area contributed by atoms with Crippen molar-refractivity contribution in [3.63, 3.8) is 0 Å². The van der Waals surface area contributed by atoms with Crippen molar-refractivity contribution in [2.24, 2.45) is 50.7 Å². The zero-order valence-corrected chi connectivity index (χ0v) is 27.5. The second-order valence-corrected chi connectivity index (χ2v) is 16.7. The molecule has 5 aliphatic carbocycles. The number of allylic oxidation sites excluding steroid dienone is 1. The largest absolute Gasteiger partial charge is 0.418 e. The van der Waals surface area contributed by atoms with Crippen LogP contribution in [-0.2, 0) is 15.8 Å². The molecule has 242 valence electrons. The van der Waals surface area contributed by atoms with Crippen molar-refractivity contribution < 1.29 is 27.9 Å². The lowest BCUT2D eigenvalue weighted by Crippen LogP contribution is -2.66. The number of aliphatic hydroxyl groups excluding tert-OH is 1. The number of carbonyl (C=O) groups excluding carboxylic acids is 2. The number of alkyl halides is 3. The van der Waals surface area contributed by atoms with Gasteiger partial charge in [0.2, 0.25) is 5.91 Å². The van der Waals surface area contributed by atoms with Gasteiger partial charge in [0.15, 0.2) is 5.78 Å². The average Bonchev–Trinajstić information content (AvgIpc) is 3.24. The van der Waals surface area contributed by atoms with Crippen LogP contribution >= 0.6 is 0 Å². The number of hydrogen-bond donors (Lipinski definition) is 2. The number of halogens is 3. The van der Waals surface area contributed by atoms with Gasteiger partial charge in [0.25, 0.3) is 0 Å². The monoisotopic (exact) mass is 613 g/mol. The fraction of sp³-hybridized carbons (Fsp3) is 0.730. The first kappa shape index (κ1) is 31.8. The van der Waals surface area contributed by atoms with Crippen LogP contribution in [0.15, 0.2) is 35.4 Å². The van der Waals surface area contributed by atoms with Crippen molar-refractivity contribution in [3.8, 4) is 0 Å². The molecule has 0 radical (unpaired) electrons. The highest BCUT2D eigenvalue weighted by molar-refractivity contribution is 6.10. The van der Waals surface area contributed by atoms with Gasteiger partial charge in [-0.1, -0.05) is 60.6 Å². The highest BCUT2D eigenvalue weighted by atomic mass is 19.4. The lowest BCUT2D eigenvalue weighted by molar-refractivity contribution is -0.228. The second kappa shape index (κ2) is 9.92. The quantitative estimate of drug-likeness (QED) is 0.358. The van der Waals surface area contributed by atoms with Crippen LogP contribution in [-0.4, -0.2) is 22.9 Å². The topological polar surface area (TPSA) is 66.4 Å². The maximum Gasteiger partial charge on any atom is 0.418 e. The summed E-state index contributed by atoms with van der Waals surface area (Å²) in [5.41, 5.74) is -0.806. The fourth-order valence-corrected chi connectivity index (χ4v) is 12.0. The van der Waals surface area contributed by atoms with E-state index >= 15 is 0 Å². The van der Waals surface area contributed by atoms with Gasteiger partial charge in [-0.15, -0.1) is 0 Å². The Morgan fingerprint density at radius 3 is 2.25 bits per heavy atom. The van der Waals surface area contributed by atoms with E-state index in [4.69, 9.17) is 0 Å². The van der Waals surface area contributed by atoms with Crippen molar-refractivity contribution in [3.05, 3.63) is 41.0 Å². The van der Waals surface area contributed by atoms with Crippen LogP contribution in [0.3, 0.4) is 0 Å². The number of ketones is 1. The van der Waals surface area contributed by atoms with E-state index in [-0.39, 0.29) is 57.5 Å². The number of Topliss-reactive ketones (excluding diaryl/α,β-unsaturated/α-hetero) is 1. The zero-order valence-electron chi connectivity index (χ0n) is 27.5. The number of aliphatic hydroxyl groups is 1. The smallest absolute Gasteiger partial charge is 0.393 e. The van der Waals surface area contributed by atoms with Gasteiger partial charge < -0.3 is 10.4 Å². The summed E-state index contributed by atoms with van der Waals surface area (Å²) in [4.78, 5) is 28.2. The summed E-state index contributed by atoms with van der Waals surface area (Å²) in [5, 5.41) is 13.7. The molecule has 5 aliphatic rings. The highest BCUT2D eigenvalue weighted by Crippen LogP contribution is 2.76. The van der Waals surface area contributed by atoms with Gasteiger partial charge in [0.05, 0.1) is 22.8 Å². The Balaban J connectivity index is 1.42. The molecule has 4 saturated carbocycles. The van der Waals surface area contributed by atoms with Gasteiger partial charge in [-0.2, -0.15) is 13.2 Å². The molecule has 2 N–H and O–H groups in total. The Kier molecular flexibility index (Phi) is 7.18. The van der Waals surface area contributed by atoms with Crippen LogP contribution < -0.4 is 5.32 Å². The van der Waals surface area contributed by atoms with Crippen LogP contribution in [0.5, 0.6) is 0 Å². The number of carbonyl (C=O) groups is 2. The van der Waals surface area contributed by atoms with E-state index in [9.17, 15) is 27.9 Å². The Morgan fingerprint density at radius 1 is 0.909 bits per heavy atom. The number of para-hydroxylation sites is 1. The molecule has 0 aromatic heterocycles. The first-order chi connectivity index (χ1) is 20.3. The van der Waals surface area contributed by atoms with E-state index in [1.54, 1.807) is 0 Å². The highest BCUT2D eigenvalue weighted by Gasteiger charge is 2.70. The zero-order chi connectivity index (χ0) is 32.3. The molecule has 4 nitrogen and oxygen atoms in total. The first-order valence-corrected chi connectivity index (χ1v) is 16.8. The summed E-state index contributed by atoms with van der Waals surface area (Å²) in [6.07, 6.45) is 2.12. The molecular weight excluding hydrogens is 563 g/mol. The summed E-state index contributed by atoms with van der Waals surface area (Å²) >= 11 is 0. The van der Waals surface area contributed by atoms with E-state index < -0.39 is 23.1 Å². The lowest BCUT2D eigenvalue weighted by atomic mass is 9.33. The molecule has 44 heavy (non-hydrogen) atoms. The standard InChI is InChI=1S/C37H50F3NO3/c1-21(2)29-25(42)20-36(31(44)41-24-11-9-8-10-22(24)37(38,39)40)19-18-34(6)23(30(29)36)12-13-27-33(5)16-15-28(43)32(3,4)26(33)14-17-35(27,34)7/h8-11,21,23,26-28,43H,12-20H2,1-7H3,(H,41,44)/t23-,26?,27?,28+,33+,34-,35-,36-/m1/s1. The maximum atomic E-state index is 14.4. The number of rotatable bonds is 3. The van der Waals surface area contributed by atoms with Gasteiger partial charge in [-0.3, -0.25) is 9.59 Å². The van der Waals surface area contributed by atoms with E-state index in [0.717, 1.165) is 62.2 Å². The molecule has 4 fully saturated rings. The number of anilines is 1. The Hall–Kier alpha value is -2.15. The lowest BCUT2D eigenvalue weighted by Gasteiger charge is -2.72. The minimum Gasteiger partial charge on any atom is -0.393 e. The van der Waals surface area contributed by atoms with Gasteiger partial charge in [-0.05, 0) is 120 Å². The number of fused-ring (bicyclic) bond motifs is 7. The Morgan fingerprint density at radius 2 is 1.59 bits per heavy atom. The Bertz CT molecular complexity index is 1410. The summed E-state index contributed by atoms with van der Waals surface area (Å²) in [7, 11) is 0. The molecule has 1 aromatic carbocycles. The van der Waals surface area contributed by atoms with Crippen molar-refractivity contribution >= 4 is 17.4 Å².